The number of benzene rings is 3. The number of carbonyl (C=O) groups excluding carboxylic acids is 1. The van der Waals surface area contributed by atoms with Crippen molar-refractivity contribution in [3.63, 3.8) is 0 Å². The van der Waals surface area contributed by atoms with E-state index in [4.69, 9.17) is 0 Å². The number of aliphatic hydroxyl groups is 1. The molecule has 3 rings (SSSR count). The number of hydrogen-bond donors (Lipinski definition) is 2. The van der Waals surface area contributed by atoms with Crippen molar-refractivity contribution in [2.75, 3.05) is 20.6 Å². The number of amides is 1. The summed E-state index contributed by atoms with van der Waals surface area (Å²) >= 11 is 0. The molecular formula is C24H26N2O4S. The van der Waals surface area contributed by atoms with Crippen molar-refractivity contribution in [1.29, 1.82) is 0 Å². The quantitative estimate of drug-likeness (QED) is 0.593. The van der Waals surface area contributed by atoms with Crippen LogP contribution in [0.15, 0.2) is 83.8 Å². The van der Waals surface area contributed by atoms with Crippen LogP contribution in [0.4, 0.5) is 0 Å². The van der Waals surface area contributed by atoms with Crippen LogP contribution in [-0.2, 0) is 15.6 Å². The van der Waals surface area contributed by atoms with Gasteiger partial charge in [-0.05, 0) is 47.9 Å². The van der Waals surface area contributed by atoms with Gasteiger partial charge in [-0.15, -0.1) is 0 Å². The summed E-state index contributed by atoms with van der Waals surface area (Å²) in [5.41, 5.74) is 1.85. The largest absolute Gasteiger partial charge is 0.384 e. The van der Waals surface area contributed by atoms with Crippen molar-refractivity contribution < 1.29 is 18.3 Å². The molecule has 1 atom stereocenters. The highest BCUT2D eigenvalue weighted by Gasteiger charge is 2.24. The van der Waals surface area contributed by atoms with Crippen molar-refractivity contribution >= 4 is 15.9 Å². The zero-order valence-corrected chi connectivity index (χ0v) is 18.6. The molecule has 0 unspecified atom stereocenters. The summed E-state index contributed by atoms with van der Waals surface area (Å²) in [6.07, 6.45) is 0. The summed E-state index contributed by atoms with van der Waals surface area (Å²) in [6.45, 7) is 1.64. The van der Waals surface area contributed by atoms with E-state index in [2.05, 4.69) is 5.32 Å². The van der Waals surface area contributed by atoms with E-state index in [0.717, 1.165) is 15.4 Å². The second kappa shape index (κ2) is 9.01. The Morgan fingerprint density at radius 3 is 2.00 bits per heavy atom. The van der Waals surface area contributed by atoms with Crippen LogP contribution in [0.5, 0.6) is 0 Å². The standard InChI is InChI=1S/C24H26N2O4S/c1-24(28,21-13-9-19(10-14-21)18-7-5-4-6-8-18)17-25-23(27)20-11-15-22(16-12-20)31(29,30)26(2)3/h4-16,28H,17H2,1-3H3,(H,25,27)/t24-/m0/s1. The number of nitrogens with one attached hydrogen (secondary N) is 1. The molecule has 3 aromatic rings. The molecule has 0 saturated heterocycles. The van der Waals surface area contributed by atoms with Crippen molar-refractivity contribution in [2.24, 2.45) is 0 Å². The third kappa shape index (κ3) is 5.19. The highest BCUT2D eigenvalue weighted by molar-refractivity contribution is 7.89. The number of sulfonamides is 1. The molecule has 162 valence electrons. The second-order valence-corrected chi connectivity index (χ2v) is 9.86. The summed E-state index contributed by atoms with van der Waals surface area (Å²) in [6, 6.07) is 23.2. The maximum Gasteiger partial charge on any atom is 0.251 e. The molecular weight excluding hydrogens is 412 g/mol. The van der Waals surface area contributed by atoms with Crippen molar-refractivity contribution in [1.82, 2.24) is 9.62 Å². The van der Waals surface area contributed by atoms with Crippen LogP contribution in [0.2, 0.25) is 0 Å². The Morgan fingerprint density at radius 2 is 1.45 bits per heavy atom. The monoisotopic (exact) mass is 438 g/mol. The normalized spacial score (nSPS) is 13.6. The van der Waals surface area contributed by atoms with E-state index in [1.807, 2.05) is 54.6 Å². The molecule has 0 heterocycles. The predicted octanol–water partition coefficient (Wildman–Crippen LogP) is 3.24. The number of rotatable bonds is 7. The third-order valence-corrected chi connectivity index (χ3v) is 6.93. The van der Waals surface area contributed by atoms with E-state index < -0.39 is 21.5 Å². The van der Waals surface area contributed by atoms with Crippen molar-refractivity contribution in [3.05, 3.63) is 90.0 Å². The average molecular weight is 439 g/mol. The highest BCUT2D eigenvalue weighted by Crippen LogP contribution is 2.25. The first-order chi connectivity index (χ1) is 14.6. The molecule has 0 bridgehead atoms. The van der Waals surface area contributed by atoms with Gasteiger partial charge in [0, 0.05) is 19.7 Å². The molecule has 0 aliphatic rings. The zero-order valence-electron chi connectivity index (χ0n) is 17.7. The Labute approximate surface area is 183 Å². The fraction of sp³-hybridized carbons (Fsp3) is 0.208. The molecule has 3 aromatic carbocycles. The van der Waals surface area contributed by atoms with Crippen LogP contribution in [-0.4, -0.2) is 44.4 Å². The Balaban J connectivity index is 1.66. The molecule has 6 nitrogen and oxygen atoms in total. The van der Waals surface area contributed by atoms with Gasteiger partial charge in [0.1, 0.15) is 5.60 Å². The lowest BCUT2D eigenvalue weighted by atomic mass is 9.93. The SMILES string of the molecule is CN(C)S(=O)(=O)c1ccc(C(=O)NC[C@](C)(O)c2ccc(-c3ccccc3)cc2)cc1. The number of carbonyl (C=O) groups is 1. The number of hydrogen-bond acceptors (Lipinski definition) is 4. The molecule has 31 heavy (non-hydrogen) atoms. The average Bonchev–Trinajstić information content (AvgIpc) is 2.78. The molecule has 0 radical (unpaired) electrons. The molecule has 2 N–H and O–H groups in total. The Kier molecular flexibility index (Phi) is 6.59. The van der Waals surface area contributed by atoms with Gasteiger partial charge in [0.05, 0.1) is 11.4 Å². The van der Waals surface area contributed by atoms with E-state index in [1.165, 1.54) is 38.4 Å². The van der Waals surface area contributed by atoms with Crippen LogP contribution in [0.25, 0.3) is 11.1 Å². The zero-order chi connectivity index (χ0) is 22.6. The number of nitrogens with zero attached hydrogens (tertiary/aromatic N) is 1. The summed E-state index contributed by atoms with van der Waals surface area (Å²) in [7, 11) is -0.655. The van der Waals surface area contributed by atoms with Gasteiger partial charge in [0.2, 0.25) is 10.0 Å². The van der Waals surface area contributed by atoms with E-state index >= 15 is 0 Å². The third-order valence-electron chi connectivity index (χ3n) is 5.10. The van der Waals surface area contributed by atoms with Crippen LogP contribution in [0.3, 0.4) is 0 Å². The lowest BCUT2D eigenvalue weighted by Gasteiger charge is -2.24. The molecule has 0 aliphatic carbocycles. The van der Waals surface area contributed by atoms with Crippen LogP contribution >= 0.6 is 0 Å². The lowest BCUT2D eigenvalue weighted by Crippen LogP contribution is -2.38. The van der Waals surface area contributed by atoms with Gasteiger partial charge >= 0.3 is 0 Å². The molecule has 0 saturated carbocycles. The van der Waals surface area contributed by atoms with E-state index in [1.54, 1.807) is 6.92 Å². The van der Waals surface area contributed by atoms with Gasteiger partial charge in [-0.2, -0.15) is 0 Å². The molecule has 0 spiro atoms. The lowest BCUT2D eigenvalue weighted by molar-refractivity contribution is 0.0526. The van der Waals surface area contributed by atoms with Gasteiger partial charge in [0.25, 0.3) is 5.91 Å². The van der Waals surface area contributed by atoms with Gasteiger partial charge in [-0.25, -0.2) is 12.7 Å². The molecule has 0 fully saturated rings. The summed E-state index contributed by atoms with van der Waals surface area (Å²) in [5, 5.41) is 13.6. The van der Waals surface area contributed by atoms with E-state index in [-0.39, 0.29) is 11.4 Å². The van der Waals surface area contributed by atoms with Crippen molar-refractivity contribution in [2.45, 2.75) is 17.4 Å². The minimum atomic E-state index is -3.55. The fourth-order valence-electron chi connectivity index (χ4n) is 3.10. The Bertz CT molecular complexity index is 1140. The van der Waals surface area contributed by atoms with Gasteiger partial charge in [-0.1, -0.05) is 54.6 Å². The summed E-state index contributed by atoms with van der Waals surface area (Å²) in [4.78, 5) is 12.6. The van der Waals surface area contributed by atoms with Crippen LogP contribution in [0.1, 0.15) is 22.8 Å². The smallest absolute Gasteiger partial charge is 0.251 e. The highest BCUT2D eigenvalue weighted by atomic mass is 32.2. The minimum absolute atomic E-state index is 0.00820. The summed E-state index contributed by atoms with van der Waals surface area (Å²) in [5.74, 6) is -0.394. The minimum Gasteiger partial charge on any atom is -0.384 e. The molecule has 0 aliphatic heterocycles. The second-order valence-electron chi connectivity index (χ2n) is 7.71. The maximum atomic E-state index is 12.5. The van der Waals surface area contributed by atoms with Crippen LogP contribution in [0, 0.1) is 0 Å². The first-order valence-corrected chi connectivity index (χ1v) is 11.2. The van der Waals surface area contributed by atoms with E-state index in [0.29, 0.717) is 11.1 Å². The Morgan fingerprint density at radius 1 is 0.903 bits per heavy atom. The Hall–Kier alpha value is -3.00. The summed E-state index contributed by atoms with van der Waals surface area (Å²) < 4.78 is 25.4. The maximum absolute atomic E-state index is 12.5. The topological polar surface area (TPSA) is 86.7 Å². The van der Waals surface area contributed by atoms with Crippen LogP contribution < -0.4 is 5.32 Å². The first-order valence-electron chi connectivity index (χ1n) is 9.80. The molecule has 0 aromatic heterocycles. The van der Waals surface area contributed by atoms with Gasteiger partial charge < -0.3 is 10.4 Å². The molecule has 7 heteroatoms. The van der Waals surface area contributed by atoms with Gasteiger partial charge in [0.15, 0.2) is 0 Å². The van der Waals surface area contributed by atoms with Gasteiger partial charge in [-0.3, -0.25) is 4.79 Å². The first kappa shape index (κ1) is 22.7. The predicted molar refractivity (Wildman–Crippen MR) is 121 cm³/mol. The molecule has 1 amide bonds. The fourth-order valence-corrected chi connectivity index (χ4v) is 4.00. The van der Waals surface area contributed by atoms with E-state index in [9.17, 15) is 18.3 Å². The van der Waals surface area contributed by atoms with Crippen molar-refractivity contribution in [3.8, 4) is 11.1 Å².